The Morgan fingerprint density at radius 1 is 1.36 bits per heavy atom. The third-order valence-electron chi connectivity index (χ3n) is 3.37. The smallest absolute Gasteiger partial charge is 0.293 e. The Morgan fingerprint density at radius 3 is 2.73 bits per heavy atom. The molecule has 1 heterocycles. The topological polar surface area (TPSA) is 60.3 Å². The minimum atomic E-state index is -0.345. The Labute approximate surface area is 137 Å². The standard InChI is InChI=1S/C16H17BrN2O3/c1-10(11-5-4-6-12(17)9-11)18-15(20)13-7-8-19(2)16(21)14(13)22-3/h4-10H,1-3H3,(H,18,20). The van der Waals surface area contributed by atoms with Gasteiger partial charge in [0.1, 0.15) is 0 Å². The summed E-state index contributed by atoms with van der Waals surface area (Å²) in [5, 5.41) is 2.87. The summed E-state index contributed by atoms with van der Waals surface area (Å²) in [7, 11) is 2.99. The fourth-order valence-electron chi connectivity index (χ4n) is 2.11. The highest BCUT2D eigenvalue weighted by Gasteiger charge is 2.18. The Hall–Kier alpha value is -2.08. The first-order valence-corrected chi connectivity index (χ1v) is 7.53. The molecular formula is C16H17BrN2O3. The van der Waals surface area contributed by atoms with Gasteiger partial charge in [-0.05, 0) is 30.7 Å². The molecule has 0 aliphatic rings. The average molecular weight is 365 g/mol. The normalized spacial score (nSPS) is 11.8. The summed E-state index contributed by atoms with van der Waals surface area (Å²) in [6.07, 6.45) is 1.55. The molecule has 1 N–H and O–H groups in total. The summed E-state index contributed by atoms with van der Waals surface area (Å²) in [5.41, 5.74) is 0.850. The number of amides is 1. The second-order valence-electron chi connectivity index (χ2n) is 4.93. The van der Waals surface area contributed by atoms with E-state index in [9.17, 15) is 9.59 Å². The molecule has 0 bridgehead atoms. The van der Waals surface area contributed by atoms with E-state index in [1.54, 1.807) is 19.3 Å². The lowest BCUT2D eigenvalue weighted by Gasteiger charge is -2.16. The SMILES string of the molecule is COc1c(C(=O)NC(C)c2cccc(Br)c2)ccn(C)c1=O. The molecule has 0 saturated heterocycles. The number of nitrogens with zero attached hydrogens (tertiary/aromatic N) is 1. The quantitative estimate of drug-likeness (QED) is 0.906. The first kappa shape index (κ1) is 16.3. The molecule has 0 fully saturated rings. The summed E-state index contributed by atoms with van der Waals surface area (Å²) in [4.78, 5) is 24.4. The van der Waals surface area contributed by atoms with Crippen LogP contribution in [0.2, 0.25) is 0 Å². The van der Waals surface area contributed by atoms with Gasteiger partial charge in [0.25, 0.3) is 11.5 Å². The van der Waals surface area contributed by atoms with Crippen molar-refractivity contribution in [3.63, 3.8) is 0 Å². The predicted octanol–water partition coefficient (Wildman–Crippen LogP) is 2.65. The van der Waals surface area contributed by atoms with Gasteiger partial charge in [-0.1, -0.05) is 28.1 Å². The zero-order valence-corrected chi connectivity index (χ0v) is 14.2. The highest BCUT2D eigenvalue weighted by atomic mass is 79.9. The number of hydrogen-bond donors (Lipinski definition) is 1. The van der Waals surface area contributed by atoms with E-state index in [2.05, 4.69) is 21.2 Å². The summed E-state index contributed by atoms with van der Waals surface area (Å²) >= 11 is 3.41. The summed E-state index contributed by atoms with van der Waals surface area (Å²) in [6.45, 7) is 1.88. The monoisotopic (exact) mass is 364 g/mol. The van der Waals surface area contributed by atoms with E-state index in [1.807, 2.05) is 31.2 Å². The van der Waals surface area contributed by atoms with E-state index in [4.69, 9.17) is 4.74 Å². The first-order chi connectivity index (χ1) is 10.4. The Bertz CT molecular complexity index is 755. The van der Waals surface area contributed by atoms with Gasteiger partial charge in [-0.2, -0.15) is 0 Å². The number of ether oxygens (including phenoxy) is 1. The van der Waals surface area contributed by atoms with E-state index < -0.39 is 0 Å². The molecule has 0 aliphatic carbocycles. The predicted molar refractivity (Wildman–Crippen MR) is 88.3 cm³/mol. The number of nitrogens with one attached hydrogen (secondary N) is 1. The molecule has 1 aromatic carbocycles. The third-order valence-corrected chi connectivity index (χ3v) is 3.86. The van der Waals surface area contributed by atoms with Crippen LogP contribution < -0.4 is 15.6 Å². The van der Waals surface area contributed by atoms with Crippen LogP contribution in [-0.2, 0) is 7.05 Å². The molecule has 22 heavy (non-hydrogen) atoms. The molecule has 0 radical (unpaired) electrons. The number of aromatic nitrogens is 1. The van der Waals surface area contributed by atoms with Crippen LogP contribution in [0.1, 0.15) is 28.9 Å². The summed E-state index contributed by atoms with van der Waals surface area (Å²) in [6, 6.07) is 9.06. The maximum absolute atomic E-state index is 12.4. The van der Waals surface area contributed by atoms with E-state index in [0.29, 0.717) is 0 Å². The lowest BCUT2D eigenvalue weighted by Crippen LogP contribution is -2.29. The van der Waals surface area contributed by atoms with Crippen molar-refractivity contribution in [2.45, 2.75) is 13.0 Å². The zero-order chi connectivity index (χ0) is 16.3. The van der Waals surface area contributed by atoms with E-state index in [-0.39, 0.29) is 28.8 Å². The number of pyridine rings is 1. The Morgan fingerprint density at radius 2 is 2.09 bits per heavy atom. The second-order valence-corrected chi connectivity index (χ2v) is 5.84. The highest BCUT2D eigenvalue weighted by Crippen LogP contribution is 2.19. The van der Waals surface area contributed by atoms with Gasteiger partial charge in [-0.15, -0.1) is 0 Å². The zero-order valence-electron chi connectivity index (χ0n) is 12.6. The Kier molecular flexibility index (Phi) is 5.03. The van der Waals surface area contributed by atoms with E-state index >= 15 is 0 Å². The fourth-order valence-corrected chi connectivity index (χ4v) is 2.53. The van der Waals surface area contributed by atoms with Gasteiger partial charge in [0.15, 0.2) is 5.75 Å². The number of hydrogen-bond acceptors (Lipinski definition) is 3. The van der Waals surface area contributed by atoms with Crippen molar-refractivity contribution in [3.05, 3.63) is 62.5 Å². The van der Waals surface area contributed by atoms with Crippen LogP contribution in [0.15, 0.2) is 45.8 Å². The number of carbonyl (C=O) groups excluding carboxylic acids is 1. The van der Waals surface area contributed by atoms with Crippen molar-refractivity contribution >= 4 is 21.8 Å². The molecule has 116 valence electrons. The minimum Gasteiger partial charge on any atom is -0.491 e. The summed E-state index contributed by atoms with van der Waals surface area (Å²) in [5.74, 6) is -0.300. The number of halogens is 1. The lowest BCUT2D eigenvalue weighted by molar-refractivity contribution is 0.0936. The third kappa shape index (κ3) is 3.39. The van der Waals surface area contributed by atoms with E-state index in [1.165, 1.54) is 11.7 Å². The molecule has 2 rings (SSSR count). The number of carbonyl (C=O) groups is 1. The molecule has 5 nitrogen and oxygen atoms in total. The molecule has 1 unspecified atom stereocenters. The van der Waals surface area contributed by atoms with Gasteiger partial charge in [-0.25, -0.2) is 0 Å². The average Bonchev–Trinajstić information content (AvgIpc) is 2.49. The second kappa shape index (κ2) is 6.79. The van der Waals surface area contributed by atoms with E-state index in [0.717, 1.165) is 10.0 Å². The largest absolute Gasteiger partial charge is 0.491 e. The number of rotatable bonds is 4. The lowest BCUT2D eigenvalue weighted by atomic mass is 10.1. The van der Waals surface area contributed by atoms with Gasteiger partial charge in [0, 0.05) is 17.7 Å². The van der Waals surface area contributed by atoms with Crippen molar-refractivity contribution in [2.75, 3.05) is 7.11 Å². The summed E-state index contributed by atoms with van der Waals surface area (Å²) < 4.78 is 7.39. The Balaban J connectivity index is 2.26. The minimum absolute atomic E-state index is 0.0453. The molecule has 1 aromatic heterocycles. The van der Waals surface area contributed by atoms with Crippen molar-refractivity contribution in [2.24, 2.45) is 7.05 Å². The van der Waals surface area contributed by atoms with Crippen LogP contribution in [0.3, 0.4) is 0 Å². The molecule has 1 atom stereocenters. The van der Waals surface area contributed by atoms with Gasteiger partial charge in [-0.3, -0.25) is 9.59 Å². The number of aryl methyl sites for hydroxylation is 1. The van der Waals surface area contributed by atoms with Crippen LogP contribution in [0, 0.1) is 0 Å². The van der Waals surface area contributed by atoms with Gasteiger partial charge < -0.3 is 14.6 Å². The molecular weight excluding hydrogens is 348 g/mol. The van der Waals surface area contributed by atoms with Crippen molar-refractivity contribution in [3.8, 4) is 5.75 Å². The molecule has 0 spiro atoms. The van der Waals surface area contributed by atoms with Crippen LogP contribution >= 0.6 is 15.9 Å². The van der Waals surface area contributed by atoms with Crippen LogP contribution in [0.25, 0.3) is 0 Å². The number of benzene rings is 1. The van der Waals surface area contributed by atoms with Crippen LogP contribution in [0.4, 0.5) is 0 Å². The number of methoxy groups -OCH3 is 1. The van der Waals surface area contributed by atoms with Gasteiger partial charge >= 0.3 is 0 Å². The van der Waals surface area contributed by atoms with Crippen LogP contribution in [-0.4, -0.2) is 17.6 Å². The maximum Gasteiger partial charge on any atom is 0.293 e. The molecule has 0 aliphatic heterocycles. The molecule has 0 saturated carbocycles. The van der Waals surface area contributed by atoms with Crippen molar-refractivity contribution < 1.29 is 9.53 Å². The van der Waals surface area contributed by atoms with Crippen LogP contribution in [0.5, 0.6) is 5.75 Å². The maximum atomic E-state index is 12.4. The fraction of sp³-hybridized carbons (Fsp3) is 0.250. The molecule has 1 amide bonds. The van der Waals surface area contributed by atoms with Gasteiger partial charge in [0.05, 0.1) is 18.7 Å². The van der Waals surface area contributed by atoms with Crippen molar-refractivity contribution in [1.82, 2.24) is 9.88 Å². The molecule has 6 heteroatoms. The van der Waals surface area contributed by atoms with Crippen molar-refractivity contribution in [1.29, 1.82) is 0 Å². The highest BCUT2D eigenvalue weighted by molar-refractivity contribution is 9.10. The first-order valence-electron chi connectivity index (χ1n) is 6.74. The molecule has 2 aromatic rings. The van der Waals surface area contributed by atoms with Gasteiger partial charge in [0.2, 0.25) is 0 Å².